The van der Waals surface area contributed by atoms with E-state index >= 15 is 0 Å². The van der Waals surface area contributed by atoms with Crippen LogP contribution in [0.5, 0.6) is 0 Å². The number of halogens is 1. The van der Waals surface area contributed by atoms with Crippen molar-refractivity contribution in [3.63, 3.8) is 0 Å². The molecule has 1 aromatic rings. The van der Waals surface area contributed by atoms with Crippen LogP contribution in [0.15, 0.2) is 12.3 Å². The fourth-order valence-electron chi connectivity index (χ4n) is 2.34. The normalized spacial score (nSPS) is 18.2. The van der Waals surface area contributed by atoms with E-state index in [2.05, 4.69) is 4.98 Å². The largest absolute Gasteiger partial charge is 0.383 e. The van der Waals surface area contributed by atoms with Crippen molar-refractivity contribution in [2.75, 3.05) is 5.73 Å². The molecule has 0 bridgehead atoms. The van der Waals surface area contributed by atoms with Gasteiger partial charge in [0.15, 0.2) is 5.78 Å². The first-order valence-electron chi connectivity index (χ1n) is 5.73. The van der Waals surface area contributed by atoms with E-state index < -0.39 is 0 Å². The van der Waals surface area contributed by atoms with E-state index in [1.54, 1.807) is 6.07 Å². The van der Waals surface area contributed by atoms with Crippen LogP contribution in [-0.2, 0) is 0 Å². The Morgan fingerprint density at radius 1 is 1.47 bits per heavy atom. The second-order valence-electron chi connectivity index (χ2n) is 4.76. The number of nitrogens with zero attached hydrogens (tertiary/aromatic N) is 1. The molecule has 4 nitrogen and oxygen atoms in total. The van der Waals surface area contributed by atoms with Crippen LogP contribution < -0.4 is 11.5 Å². The van der Waals surface area contributed by atoms with Gasteiger partial charge in [0, 0.05) is 18.2 Å². The van der Waals surface area contributed by atoms with Crippen LogP contribution in [0.2, 0.25) is 5.02 Å². The molecule has 1 saturated carbocycles. The average molecular weight is 254 g/mol. The standard InChI is InChI=1S/C12H16ClN3O/c13-8-5-9(11(14)16-7-8)10(17)6-12(15)3-1-2-4-12/h5,7H,1-4,6,15H2,(H2,14,16). The van der Waals surface area contributed by atoms with E-state index in [1.807, 2.05) is 0 Å². The molecular formula is C12H16ClN3O. The summed E-state index contributed by atoms with van der Waals surface area (Å²) >= 11 is 5.81. The van der Waals surface area contributed by atoms with Crippen molar-refractivity contribution in [2.24, 2.45) is 5.73 Å². The molecule has 5 heteroatoms. The SMILES string of the molecule is Nc1ncc(Cl)cc1C(=O)CC1(N)CCCC1. The first kappa shape index (κ1) is 12.3. The summed E-state index contributed by atoms with van der Waals surface area (Å²) in [6, 6.07) is 1.56. The van der Waals surface area contributed by atoms with Crippen molar-refractivity contribution in [3.05, 3.63) is 22.8 Å². The molecule has 0 unspecified atom stereocenters. The number of anilines is 1. The summed E-state index contributed by atoms with van der Waals surface area (Å²) in [4.78, 5) is 16.0. The van der Waals surface area contributed by atoms with Gasteiger partial charge in [-0.15, -0.1) is 0 Å². The number of hydrogen-bond acceptors (Lipinski definition) is 4. The zero-order valence-corrected chi connectivity index (χ0v) is 10.3. The molecule has 1 aliphatic carbocycles. The van der Waals surface area contributed by atoms with Crippen LogP contribution in [0, 0.1) is 0 Å². The summed E-state index contributed by atoms with van der Waals surface area (Å²) in [7, 11) is 0. The Labute approximate surface area is 105 Å². The Morgan fingerprint density at radius 3 is 2.76 bits per heavy atom. The van der Waals surface area contributed by atoms with Crippen LogP contribution in [-0.4, -0.2) is 16.3 Å². The van der Waals surface area contributed by atoms with Gasteiger partial charge in [0.05, 0.1) is 10.6 Å². The average Bonchev–Trinajstić information content (AvgIpc) is 2.68. The van der Waals surface area contributed by atoms with Gasteiger partial charge in [-0.05, 0) is 18.9 Å². The van der Waals surface area contributed by atoms with Gasteiger partial charge in [0.25, 0.3) is 0 Å². The monoisotopic (exact) mass is 253 g/mol. The highest BCUT2D eigenvalue weighted by Crippen LogP contribution is 2.31. The summed E-state index contributed by atoms with van der Waals surface area (Å²) in [5.41, 5.74) is 11.9. The lowest BCUT2D eigenvalue weighted by Crippen LogP contribution is -2.38. The van der Waals surface area contributed by atoms with E-state index in [4.69, 9.17) is 23.1 Å². The number of carbonyl (C=O) groups excluding carboxylic acids is 1. The third-order valence-corrected chi connectivity index (χ3v) is 3.50. The predicted molar refractivity (Wildman–Crippen MR) is 68.0 cm³/mol. The molecule has 92 valence electrons. The summed E-state index contributed by atoms with van der Waals surface area (Å²) in [5.74, 6) is 0.155. The van der Waals surface area contributed by atoms with Crippen LogP contribution in [0.1, 0.15) is 42.5 Å². The number of ketones is 1. The van der Waals surface area contributed by atoms with Gasteiger partial charge in [-0.3, -0.25) is 4.79 Å². The Morgan fingerprint density at radius 2 is 2.12 bits per heavy atom. The second kappa shape index (κ2) is 4.63. The summed E-state index contributed by atoms with van der Waals surface area (Å²) in [6.07, 6.45) is 5.72. The van der Waals surface area contributed by atoms with Gasteiger partial charge in [-0.1, -0.05) is 24.4 Å². The molecular weight excluding hydrogens is 238 g/mol. The number of carbonyl (C=O) groups is 1. The Hall–Kier alpha value is -1.13. The Bertz CT molecular complexity index is 441. The summed E-state index contributed by atoms with van der Waals surface area (Å²) in [6.45, 7) is 0. The molecule has 1 fully saturated rings. The maximum atomic E-state index is 12.1. The van der Waals surface area contributed by atoms with Crippen LogP contribution >= 0.6 is 11.6 Å². The molecule has 1 aliphatic rings. The molecule has 0 saturated heterocycles. The highest BCUT2D eigenvalue weighted by atomic mass is 35.5. The maximum Gasteiger partial charge on any atom is 0.168 e. The number of nitrogen functional groups attached to an aromatic ring is 1. The number of hydrogen-bond donors (Lipinski definition) is 2. The number of pyridine rings is 1. The number of aromatic nitrogens is 1. The maximum absolute atomic E-state index is 12.1. The van der Waals surface area contributed by atoms with Gasteiger partial charge in [0.2, 0.25) is 0 Å². The van der Waals surface area contributed by atoms with Gasteiger partial charge in [-0.2, -0.15) is 0 Å². The molecule has 17 heavy (non-hydrogen) atoms. The van der Waals surface area contributed by atoms with E-state index in [9.17, 15) is 4.79 Å². The predicted octanol–water partition coefficient (Wildman–Crippen LogP) is 2.16. The minimum atomic E-state index is -0.369. The third-order valence-electron chi connectivity index (χ3n) is 3.30. The van der Waals surface area contributed by atoms with Crippen molar-refractivity contribution >= 4 is 23.2 Å². The molecule has 1 aromatic heterocycles. The van der Waals surface area contributed by atoms with E-state index in [-0.39, 0.29) is 17.1 Å². The van der Waals surface area contributed by atoms with E-state index in [0.29, 0.717) is 17.0 Å². The number of rotatable bonds is 3. The molecule has 0 radical (unpaired) electrons. The van der Waals surface area contributed by atoms with Crippen molar-refractivity contribution in [2.45, 2.75) is 37.6 Å². The Balaban J connectivity index is 2.17. The molecule has 2 rings (SSSR count). The van der Waals surface area contributed by atoms with Crippen LogP contribution in [0.4, 0.5) is 5.82 Å². The number of Topliss-reactive ketones (excluding diaryl/α,β-unsaturated/α-hetero) is 1. The molecule has 1 heterocycles. The molecule has 0 aliphatic heterocycles. The van der Waals surface area contributed by atoms with Crippen LogP contribution in [0.25, 0.3) is 0 Å². The van der Waals surface area contributed by atoms with Gasteiger partial charge in [0.1, 0.15) is 5.82 Å². The van der Waals surface area contributed by atoms with Crippen molar-refractivity contribution < 1.29 is 4.79 Å². The van der Waals surface area contributed by atoms with Crippen molar-refractivity contribution in [1.29, 1.82) is 0 Å². The van der Waals surface area contributed by atoms with Gasteiger partial charge < -0.3 is 11.5 Å². The highest BCUT2D eigenvalue weighted by Gasteiger charge is 2.32. The van der Waals surface area contributed by atoms with Gasteiger partial charge in [-0.25, -0.2) is 4.98 Å². The summed E-state index contributed by atoms with van der Waals surface area (Å²) < 4.78 is 0. The smallest absolute Gasteiger partial charge is 0.168 e. The quantitative estimate of drug-likeness (QED) is 0.809. The lowest BCUT2D eigenvalue weighted by atomic mass is 9.90. The first-order valence-corrected chi connectivity index (χ1v) is 6.11. The molecule has 0 atom stereocenters. The lowest BCUT2D eigenvalue weighted by molar-refractivity contribution is 0.0953. The lowest BCUT2D eigenvalue weighted by Gasteiger charge is -2.22. The van der Waals surface area contributed by atoms with Crippen LogP contribution in [0.3, 0.4) is 0 Å². The molecule has 0 spiro atoms. The van der Waals surface area contributed by atoms with Crippen molar-refractivity contribution in [1.82, 2.24) is 4.98 Å². The summed E-state index contributed by atoms with van der Waals surface area (Å²) in [5, 5.41) is 0.417. The minimum absolute atomic E-state index is 0.0677. The fourth-order valence-corrected chi connectivity index (χ4v) is 2.50. The third kappa shape index (κ3) is 2.76. The van der Waals surface area contributed by atoms with Gasteiger partial charge >= 0.3 is 0 Å². The Kier molecular flexibility index (Phi) is 3.35. The molecule has 0 amide bonds. The zero-order chi connectivity index (χ0) is 12.5. The highest BCUT2D eigenvalue weighted by molar-refractivity contribution is 6.31. The van der Waals surface area contributed by atoms with E-state index in [0.717, 1.165) is 25.7 Å². The zero-order valence-electron chi connectivity index (χ0n) is 9.58. The second-order valence-corrected chi connectivity index (χ2v) is 5.19. The first-order chi connectivity index (χ1) is 8.00. The number of nitrogens with two attached hydrogens (primary N) is 2. The molecule has 4 N–H and O–H groups in total. The van der Waals surface area contributed by atoms with E-state index in [1.165, 1.54) is 6.20 Å². The minimum Gasteiger partial charge on any atom is -0.383 e. The fraction of sp³-hybridized carbons (Fsp3) is 0.500. The van der Waals surface area contributed by atoms with Crippen molar-refractivity contribution in [3.8, 4) is 0 Å². The molecule has 0 aromatic carbocycles. The topological polar surface area (TPSA) is 82.0 Å².